The third kappa shape index (κ3) is 4.52. The summed E-state index contributed by atoms with van der Waals surface area (Å²) in [5.74, 6) is -0.970. The van der Waals surface area contributed by atoms with Crippen molar-refractivity contribution >= 4 is 33.3 Å². The van der Waals surface area contributed by atoms with Gasteiger partial charge in [0.05, 0.1) is 30.2 Å². The van der Waals surface area contributed by atoms with Crippen LogP contribution in [0.5, 0.6) is 5.75 Å². The van der Waals surface area contributed by atoms with Gasteiger partial charge in [-0.3, -0.25) is 4.31 Å². The third-order valence-electron chi connectivity index (χ3n) is 4.28. The number of ether oxygens (including phenoxy) is 1. The van der Waals surface area contributed by atoms with E-state index in [1.165, 1.54) is 23.5 Å². The first-order valence-corrected chi connectivity index (χ1v) is 10.4. The number of rotatable bonds is 7. The molecule has 0 aliphatic heterocycles. The topological polar surface area (TPSA) is 86.7 Å². The molecule has 0 amide bonds. The van der Waals surface area contributed by atoms with Gasteiger partial charge in [-0.05, 0) is 48.0 Å². The lowest BCUT2D eigenvalue weighted by atomic mass is 10.2. The number of hydrogen-bond acceptors (Lipinski definition) is 5. The Morgan fingerprint density at radius 1 is 1.03 bits per heavy atom. The zero-order chi connectivity index (χ0) is 21.0. The Bertz CT molecular complexity index is 1120. The number of carboxylic acid groups (broad SMARTS) is 1. The molecule has 3 aromatic carbocycles. The van der Waals surface area contributed by atoms with Crippen molar-refractivity contribution in [1.29, 1.82) is 0 Å². The molecule has 8 heteroatoms. The zero-order valence-corrected chi connectivity index (χ0v) is 17.0. The van der Waals surface area contributed by atoms with Gasteiger partial charge in [-0.15, -0.1) is 0 Å². The van der Waals surface area contributed by atoms with Gasteiger partial charge in [0, 0.05) is 10.6 Å². The molecule has 0 fully saturated rings. The monoisotopic (exact) mass is 430 g/mol. The molecule has 0 radical (unpaired) electrons. The van der Waals surface area contributed by atoms with E-state index in [1.807, 2.05) is 18.2 Å². The summed E-state index contributed by atoms with van der Waals surface area (Å²) in [5.41, 5.74) is 0.780. The van der Waals surface area contributed by atoms with Crippen molar-refractivity contribution in [3.63, 3.8) is 0 Å². The quantitative estimate of drug-likeness (QED) is 0.574. The highest BCUT2D eigenvalue weighted by Crippen LogP contribution is 2.29. The van der Waals surface area contributed by atoms with Crippen LogP contribution < -0.4 is 14.1 Å². The number of carboxylic acids is 1. The number of sulfonamides is 1. The Morgan fingerprint density at radius 3 is 2.28 bits per heavy atom. The Labute approximate surface area is 174 Å². The predicted molar refractivity (Wildman–Crippen MR) is 109 cm³/mol. The predicted octanol–water partition coefficient (Wildman–Crippen LogP) is 3.11. The number of carbonyl (C=O) groups excluding carboxylic acids is 1. The van der Waals surface area contributed by atoms with Gasteiger partial charge in [-0.2, -0.15) is 0 Å². The first-order valence-electron chi connectivity index (χ1n) is 8.54. The van der Waals surface area contributed by atoms with Crippen LogP contribution >= 0.6 is 11.6 Å². The fraction of sp³-hybridized carbons (Fsp3) is 0.0952. The van der Waals surface area contributed by atoms with E-state index in [4.69, 9.17) is 16.3 Å². The molecule has 150 valence electrons. The molecule has 0 N–H and O–H groups in total. The smallest absolute Gasteiger partial charge is 0.264 e. The summed E-state index contributed by atoms with van der Waals surface area (Å²) in [6, 6.07) is 19.1. The lowest BCUT2D eigenvalue weighted by Gasteiger charge is -2.25. The minimum Gasteiger partial charge on any atom is -0.545 e. The average molecular weight is 431 g/mol. The molecule has 0 bridgehead atoms. The Kier molecular flexibility index (Phi) is 6.10. The van der Waals surface area contributed by atoms with E-state index in [0.717, 1.165) is 11.6 Å². The van der Waals surface area contributed by atoms with Crippen LogP contribution in [0.3, 0.4) is 0 Å². The van der Waals surface area contributed by atoms with Crippen molar-refractivity contribution in [2.45, 2.75) is 11.4 Å². The largest absolute Gasteiger partial charge is 0.545 e. The molecule has 0 saturated heterocycles. The lowest BCUT2D eigenvalue weighted by Crippen LogP contribution is -2.31. The van der Waals surface area contributed by atoms with Crippen molar-refractivity contribution < 1.29 is 23.1 Å². The van der Waals surface area contributed by atoms with Gasteiger partial charge in [0.2, 0.25) is 0 Å². The van der Waals surface area contributed by atoms with Gasteiger partial charge in [-0.25, -0.2) is 8.42 Å². The van der Waals surface area contributed by atoms with Gasteiger partial charge in [-0.1, -0.05) is 41.9 Å². The van der Waals surface area contributed by atoms with Crippen LogP contribution in [0.1, 0.15) is 15.9 Å². The maximum Gasteiger partial charge on any atom is 0.264 e. The Balaban J connectivity index is 2.11. The summed E-state index contributed by atoms with van der Waals surface area (Å²) in [5, 5.41) is 11.2. The first kappa shape index (κ1) is 20.7. The van der Waals surface area contributed by atoms with Crippen molar-refractivity contribution in [3.05, 3.63) is 88.9 Å². The molecule has 6 nitrogen and oxygen atoms in total. The van der Waals surface area contributed by atoms with E-state index in [1.54, 1.807) is 36.4 Å². The maximum absolute atomic E-state index is 13.4. The lowest BCUT2D eigenvalue weighted by molar-refractivity contribution is -0.255. The normalized spacial score (nSPS) is 11.1. The molecule has 0 spiro atoms. The molecule has 0 heterocycles. The molecule has 0 aromatic heterocycles. The van der Waals surface area contributed by atoms with E-state index in [2.05, 4.69) is 0 Å². The maximum atomic E-state index is 13.4. The number of aromatic carboxylic acids is 1. The van der Waals surface area contributed by atoms with Crippen molar-refractivity contribution in [3.8, 4) is 5.75 Å². The number of halogens is 1. The van der Waals surface area contributed by atoms with E-state index in [-0.39, 0.29) is 22.0 Å². The van der Waals surface area contributed by atoms with Crippen LogP contribution in [0, 0.1) is 0 Å². The molecule has 0 aliphatic rings. The van der Waals surface area contributed by atoms with Crippen LogP contribution in [-0.2, 0) is 16.6 Å². The van der Waals surface area contributed by atoms with E-state index in [0.29, 0.717) is 11.4 Å². The molecular weight excluding hydrogens is 414 g/mol. The molecule has 0 unspecified atom stereocenters. The van der Waals surface area contributed by atoms with Crippen LogP contribution in [-0.4, -0.2) is 21.5 Å². The minimum absolute atomic E-state index is 0.0543. The van der Waals surface area contributed by atoms with Crippen molar-refractivity contribution in [2.75, 3.05) is 11.4 Å². The highest BCUT2D eigenvalue weighted by Gasteiger charge is 2.26. The Morgan fingerprint density at radius 2 is 1.69 bits per heavy atom. The van der Waals surface area contributed by atoms with E-state index in [9.17, 15) is 18.3 Å². The molecule has 0 aliphatic carbocycles. The number of anilines is 1. The van der Waals surface area contributed by atoms with E-state index >= 15 is 0 Å². The average Bonchev–Trinajstić information content (AvgIpc) is 2.72. The van der Waals surface area contributed by atoms with Crippen molar-refractivity contribution in [2.24, 2.45) is 0 Å². The second kappa shape index (κ2) is 8.55. The highest BCUT2D eigenvalue weighted by atomic mass is 35.5. The fourth-order valence-corrected chi connectivity index (χ4v) is 4.44. The zero-order valence-electron chi connectivity index (χ0n) is 15.4. The minimum atomic E-state index is -4.10. The second-order valence-corrected chi connectivity index (χ2v) is 8.39. The molecule has 3 aromatic rings. The molecule has 3 rings (SSSR count). The molecule has 0 atom stereocenters. The summed E-state index contributed by atoms with van der Waals surface area (Å²) >= 11 is 5.86. The van der Waals surface area contributed by atoms with Gasteiger partial charge in [0.1, 0.15) is 5.75 Å². The summed E-state index contributed by atoms with van der Waals surface area (Å²) in [4.78, 5) is 11.1. The van der Waals surface area contributed by atoms with Crippen LogP contribution in [0.25, 0.3) is 0 Å². The van der Waals surface area contributed by atoms with Gasteiger partial charge in [0.15, 0.2) is 0 Å². The number of carbonyl (C=O) groups is 1. The number of nitrogens with zero attached hydrogens (tertiary/aromatic N) is 1. The Hall–Kier alpha value is -3.03. The molecular formula is C21H17ClNO5S-. The highest BCUT2D eigenvalue weighted by molar-refractivity contribution is 7.92. The second-order valence-electron chi connectivity index (χ2n) is 6.12. The molecule has 29 heavy (non-hydrogen) atoms. The van der Waals surface area contributed by atoms with Gasteiger partial charge in [0.25, 0.3) is 10.0 Å². The van der Waals surface area contributed by atoms with Gasteiger partial charge < -0.3 is 14.6 Å². The number of hydrogen-bond donors (Lipinski definition) is 0. The number of methoxy groups -OCH3 is 1. The van der Waals surface area contributed by atoms with Crippen LogP contribution in [0.4, 0.5) is 5.69 Å². The standard InChI is InChI=1S/C21H18ClNO5S/c1-28-17-9-7-16(8-10-17)23(14-15-5-3-2-4-6-15)29(26,27)18-11-12-20(22)19(13-18)21(24)25/h2-13H,14H2,1H3,(H,24,25)/p-1. The summed E-state index contributed by atoms with van der Waals surface area (Å²) < 4.78 is 33.2. The number of benzene rings is 3. The summed E-state index contributed by atoms with van der Waals surface area (Å²) in [6.45, 7) is 0.0543. The SMILES string of the molecule is COc1ccc(N(Cc2ccccc2)S(=O)(=O)c2ccc(Cl)c(C(=O)[O-])c2)cc1. The summed E-state index contributed by atoms with van der Waals surface area (Å²) in [7, 11) is -2.59. The van der Waals surface area contributed by atoms with Crippen LogP contribution in [0.15, 0.2) is 77.7 Å². The van der Waals surface area contributed by atoms with E-state index < -0.39 is 16.0 Å². The van der Waals surface area contributed by atoms with Crippen LogP contribution in [0.2, 0.25) is 5.02 Å². The summed E-state index contributed by atoms with van der Waals surface area (Å²) in [6.07, 6.45) is 0. The molecule has 0 saturated carbocycles. The third-order valence-corrected chi connectivity index (χ3v) is 6.37. The first-order chi connectivity index (χ1) is 13.8. The van der Waals surface area contributed by atoms with Crippen molar-refractivity contribution in [1.82, 2.24) is 0 Å². The fourth-order valence-electron chi connectivity index (χ4n) is 2.76. The van der Waals surface area contributed by atoms with Gasteiger partial charge >= 0.3 is 0 Å².